The summed E-state index contributed by atoms with van der Waals surface area (Å²) in [5.41, 5.74) is 0.593. The number of nitrogens with zero attached hydrogens (tertiary/aromatic N) is 2. The van der Waals surface area contributed by atoms with Crippen LogP contribution in [0.5, 0.6) is 0 Å². The fourth-order valence-electron chi connectivity index (χ4n) is 1.34. The molecular weight excluding hydrogens is 216 g/mol. The lowest BCUT2D eigenvalue weighted by molar-refractivity contribution is 0.0244. The van der Waals surface area contributed by atoms with Gasteiger partial charge in [0, 0.05) is 25.5 Å². The average Bonchev–Trinajstić information content (AvgIpc) is 2.24. The van der Waals surface area contributed by atoms with E-state index >= 15 is 0 Å². The standard InChI is InChI=1S/C13H20N2O2/c1-5-15(12(16)17-13(2,3)4)10-11-6-8-14-9-7-11/h6-9H,5,10H2,1-4H3. The van der Waals surface area contributed by atoms with Crippen molar-refractivity contribution in [3.8, 4) is 0 Å². The Morgan fingerprint density at radius 3 is 2.41 bits per heavy atom. The zero-order valence-electron chi connectivity index (χ0n) is 10.9. The Hall–Kier alpha value is -1.58. The van der Waals surface area contributed by atoms with Gasteiger partial charge in [-0.1, -0.05) is 0 Å². The fraction of sp³-hybridized carbons (Fsp3) is 0.538. The van der Waals surface area contributed by atoms with E-state index in [9.17, 15) is 4.79 Å². The quantitative estimate of drug-likeness (QED) is 0.810. The largest absolute Gasteiger partial charge is 0.444 e. The molecule has 0 aliphatic carbocycles. The summed E-state index contributed by atoms with van der Waals surface area (Å²) in [6, 6.07) is 3.79. The Kier molecular flexibility index (Phi) is 4.49. The summed E-state index contributed by atoms with van der Waals surface area (Å²) in [6.07, 6.45) is 3.16. The van der Waals surface area contributed by atoms with Crippen LogP contribution in [0.3, 0.4) is 0 Å². The summed E-state index contributed by atoms with van der Waals surface area (Å²) < 4.78 is 5.33. The smallest absolute Gasteiger partial charge is 0.410 e. The van der Waals surface area contributed by atoms with Gasteiger partial charge in [0.1, 0.15) is 5.60 Å². The Morgan fingerprint density at radius 2 is 1.94 bits per heavy atom. The molecule has 0 fully saturated rings. The van der Waals surface area contributed by atoms with Crippen LogP contribution in [-0.4, -0.2) is 28.1 Å². The molecule has 0 aromatic carbocycles. The minimum atomic E-state index is -0.456. The number of rotatable bonds is 3. The van der Waals surface area contributed by atoms with Crippen LogP contribution in [0, 0.1) is 0 Å². The van der Waals surface area contributed by atoms with Crippen molar-refractivity contribution in [1.82, 2.24) is 9.88 Å². The first kappa shape index (κ1) is 13.5. The highest BCUT2D eigenvalue weighted by molar-refractivity contribution is 5.68. The van der Waals surface area contributed by atoms with Gasteiger partial charge in [0.15, 0.2) is 0 Å². The summed E-state index contributed by atoms with van der Waals surface area (Å²) in [7, 11) is 0. The number of carbonyl (C=O) groups is 1. The zero-order chi connectivity index (χ0) is 12.9. The molecule has 0 saturated carbocycles. The monoisotopic (exact) mass is 236 g/mol. The molecule has 0 saturated heterocycles. The normalized spacial score (nSPS) is 11.1. The van der Waals surface area contributed by atoms with E-state index in [4.69, 9.17) is 4.74 Å². The predicted octanol–water partition coefficient (Wildman–Crippen LogP) is 2.84. The van der Waals surface area contributed by atoms with Crippen LogP contribution < -0.4 is 0 Å². The van der Waals surface area contributed by atoms with Gasteiger partial charge in [-0.05, 0) is 45.4 Å². The number of hydrogen-bond acceptors (Lipinski definition) is 3. The average molecular weight is 236 g/mol. The molecule has 1 amide bonds. The summed E-state index contributed by atoms with van der Waals surface area (Å²) in [5, 5.41) is 0. The van der Waals surface area contributed by atoms with Crippen LogP contribution in [0.2, 0.25) is 0 Å². The van der Waals surface area contributed by atoms with Crippen LogP contribution in [0.1, 0.15) is 33.3 Å². The molecule has 1 heterocycles. The molecule has 0 aliphatic rings. The van der Waals surface area contributed by atoms with E-state index in [2.05, 4.69) is 4.98 Å². The number of hydrogen-bond donors (Lipinski definition) is 0. The molecule has 4 heteroatoms. The maximum Gasteiger partial charge on any atom is 0.410 e. The third-order valence-electron chi connectivity index (χ3n) is 2.16. The van der Waals surface area contributed by atoms with E-state index in [1.165, 1.54) is 0 Å². The zero-order valence-corrected chi connectivity index (χ0v) is 10.9. The summed E-state index contributed by atoms with van der Waals surface area (Å²) in [5.74, 6) is 0. The van der Waals surface area contributed by atoms with Crippen LogP contribution in [0.15, 0.2) is 24.5 Å². The first-order valence-electron chi connectivity index (χ1n) is 5.79. The second-order valence-corrected chi connectivity index (χ2v) is 4.85. The second-order valence-electron chi connectivity index (χ2n) is 4.85. The van der Waals surface area contributed by atoms with Gasteiger partial charge in [-0.25, -0.2) is 4.79 Å². The molecule has 0 spiro atoms. The number of pyridine rings is 1. The van der Waals surface area contributed by atoms with Crippen molar-refractivity contribution in [2.45, 2.75) is 39.8 Å². The number of amides is 1. The molecule has 0 atom stereocenters. The van der Waals surface area contributed by atoms with E-state index in [1.54, 1.807) is 17.3 Å². The van der Waals surface area contributed by atoms with Gasteiger partial charge in [0.25, 0.3) is 0 Å². The molecule has 1 aromatic rings. The maximum absolute atomic E-state index is 11.9. The van der Waals surface area contributed by atoms with Crippen molar-refractivity contribution in [3.05, 3.63) is 30.1 Å². The number of ether oxygens (including phenoxy) is 1. The van der Waals surface area contributed by atoms with Gasteiger partial charge in [-0.15, -0.1) is 0 Å². The van der Waals surface area contributed by atoms with Crippen molar-refractivity contribution >= 4 is 6.09 Å². The van der Waals surface area contributed by atoms with Crippen LogP contribution >= 0.6 is 0 Å². The summed E-state index contributed by atoms with van der Waals surface area (Å²) in [6.45, 7) is 8.71. The molecule has 1 aromatic heterocycles. The van der Waals surface area contributed by atoms with E-state index in [1.807, 2.05) is 39.8 Å². The van der Waals surface area contributed by atoms with Gasteiger partial charge in [-0.3, -0.25) is 4.98 Å². The molecular formula is C13H20N2O2. The molecule has 4 nitrogen and oxygen atoms in total. The van der Waals surface area contributed by atoms with Gasteiger partial charge in [0.05, 0.1) is 0 Å². The van der Waals surface area contributed by atoms with Crippen LogP contribution in [0.25, 0.3) is 0 Å². The van der Waals surface area contributed by atoms with E-state index in [-0.39, 0.29) is 6.09 Å². The highest BCUT2D eigenvalue weighted by Crippen LogP contribution is 2.12. The Labute approximate surface area is 103 Å². The van der Waals surface area contributed by atoms with Crippen LogP contribution in [0.4, 0.5) is 4.79 Å². The highest BCUT2D eigenvalue weighted by atomic mass is 16.6. The summed E-state index contributed by atoms with van der Waals surface area (Å²) >= 11 is 0. The molecule has 0 N–H and O–H groups in total. The SMILES string of the molecule is CCN(Cc1ccncc1)C(=O)OC(C)(C)C. The van der Waals surface area contributed by atoms with Gasteiger partial charge in [-0.2, -0.15) is 0 Å². The molecule has 17 heavy (non-hydrogen) atoms. The lowest BCUT2D eigenvalue weighted by Crippen LogP contribution is -2.36. The lowest BCUT2D eigenvalue weighted by atomic mass is 10.2. The topological polar surface area (TPSA) is 42.4 Å². The molecule has 94 valence electrons. The van der Waals surface area contributed by atoms with Gasteiger partial charge >= 0.3 is 6.09 Å². The number of aromatic nitrogens is 1. The third kappa shape index (κ3) is 4.85. The van der Waals surface area contributed by atoms with E-state index < -0.39 is 5.60 Å². The Morgan fingerprint density at radius 1 is 1.35 bits per heavy atom. The van der Waals surface area contributed by atoms with Gasteiger partial charge < -0.3 is 9.64 Å². The van der Waals surface area contributed by atoms with E-state index in [0.29, 0.717) is 13.1 Å². The summed E-state index contributed by atoms with van der Waals surface area (Å²) in [4.78, 5) is 17.5. The van der Waals surface area contributed by atoms with Crippen LogP contribution in [-0.2, 0) is 11.3 Å². The Balaban J connectivity index is 2.63. The molecule has 0 aliphatic heterocycles. The molecule has 0 radical (unpaired) electrons. The predicted molar refractivity (Wildman–Crippen MR) is 66.6 cm³/mol. The van der Waals surface area contributed by atoms with Gasteiger partial charge in [0.2, 0.25) is 0 Å². The van der Waals surface area contributed by atoms with Crippen molar-refractivity contribution in [2.75, 3.05) is 6.54 Å². The lowest BCUT2D eigenvalue weighted by Gasteiger charge is -2.26. The first-order valence-corrected chi connectivity index (χ1v) is 5.79. The third-order valence-corrected chi connectivity index (χ3v) is 2.16. The van der Waals surface area contributed by atoms with Crippen molar-refractivity contribution < 1.29 is 9.53 Å². The van der Waals surface area contributed by atoms with Crippen molar-refractivity contribution in [1.29, 1.82) is 0 Å². The van der Waals surface area contributed by atoms with Crippen molar-refractivity contribution in [3.63, 3.8) is 0 Å². The van der Waals surface area contributed by atoms with Crippen molar-refractivity contribution in [2.24, 2.45) is 0 Å². The highest BCUT2D eigenvalue weighted by Gasteiger charge is 2.20. The first-order chi connectivity index (χ1) is 7.92. The Bertz CT molecular complexity index is 357. The molecule has 0 unspecified atom stereocenters. The maximum atomic E-state index is 11.9. The minimum Gasteiger partial charge on any atom is -0.444 e. The second kappa shape index (κ2) is 5.66. The number of carbonyl (C=O) groups excluding carboxylic acids is 1. The molecule has 0 bridgehead atoms. The van der Waals surface area contributed by atoms with E-state index in [0.717, 1.165) is 5.56 Å². The minimum absolute atomic E-state index is 0.281. The fourth-order valence-corrected chi connectivity index (χ4v) is 1.34. The molecule has 1 rings (SSSR count).